The Hall–Kier alpha value is -1.14. The van der Waals surface area contributed by atoms with Gasteiger partial charge in [0.25, 0.3) is 0 Å². The van der Waals surface area contributed by atoms with E-state index >= 15 is 0 Å². The molecule has 2 saturated heterocycles. The molecule has 0 spiro atoms. The molecular formula is C22H40N2O4. The average molecular weight is 397 g/mol. The fraction of sp³-hybridized carbons (Fsp3) is 0.909. The molecule has 0 aliphatic carbocycles. The third-order valence-electron chi connectivity index (χ3n) is 6.42. The molecule has 0 aromatic carbocycles. The summed E-state index contributed by atoms with van der Waals surface area (Å²) in [5.41, 5.74) is -0.905. The van der Waals surface area contributed by atoms with Crippen molar-refractivity contribution in [1.82, 2.24) is 10.6 Å². The molecule has 2 aliphatic heterocycles. The highest BCUT2D eigenvalue weighted by atomic mass is 16.4. The minimum atomic E-state index is -0.972. The minimum Gasteiger partial charge on any atom is -0.481 e. The van der Waals surface area contributed by atoms with Crippen molar-refractivity contribution >= 4 is 11.9 Å². The van der Waals surface area contributed by atoms with Gasteiger partial charge in [0, 0.05) is 22.2 Å². The van der Waals surface area contributed by atoms with Gasteiger partial charge in [0.1, 0.15) is 0 Å². The standard InChI is InChI=1S/C22H40N2O4/c1-19(2)9-13(10-20(3,4)23-19)15(17(25)26)16(18(27)28)14-11-21(5,6)24-22(7,8)12-14/h13-16,23-24H,9-12H2,1-8H3,(H,25,26)(H,27,28). The second-order valence-electron chi connectivity index (χ2n) is 11.9. The smallest absolute Gasteiger partial charge is 0.307 e. The van der Waals surface area contributed by atoms with Crippen LogP contribution in [0.4, 0.5) is 0 Å². The van der Waals surface area contributed by atoms with Gasteiger partial charge in [-0.15, -0.1) is 0 Å². The maximum Gasteiger partial charge on any atom is 0.307 e. The second-order valence-corrected chi connectivity index (χ2v) is 11.9. The second kappa shape index (κ2) is 7.28. The molecule has 2 fully saturated rings. The van der Waals surface area contributed by atoms with Crippen LogP contribution in [-0.2, 0) is 9.59 Å². The van der Waals surface area contributed by atoms with Crippen LogP contribution >= 0.6 is 0 Å². The molecule has 2 heterocycles. The van der Waals surface area contributed by atoms with Crippen molar-refractivity contribution in [2.45, 2.75) is 103 Å². The molecule has 2 rings (SSSR count). The number of carboxylic acid groups (broad SMARTS) is 2. The Labute approximate surface area is 169 Å². The highest BCUT2D eigenvalue weighted by Gasteiger charge is 2.52. The summed E-state index contributed by atoms with van der Waals surface area (Å²) in [6, 6.07) is 0. The van der Waals surface area contributed by atoms with Gasteiger partial charge in [0.15, 0.2) is 0 Å². The Morgan fingerprint density at radius 2 is 0.857 bits per heavy atom. The number of carbonyl (C=O) groups is 2. The van der Waals surface area contributed by atoms with E-state index < -0.39 is 23.8 Å². The molecule has 0 bridgehead atoms. The molecule has 4 N–H and O–H groups in total. The van der Waals surface area contributed by atoms with Gasteiger partial charge in [0.2, 0.25) is 0 Å². The summed E-state index contributed by atoms with van der Waals surface area (Å²) >= 11 is 0. The molecule has 28 heavy (non-hydrogen) atoms. The predicted octanol–water partition coefficient (Wildman–Crippen LogP) is 3.50. The van der Waals surface area contributed by atoms with Gasteiger partial charge in [-0.25, -0.2) is 0 Å². The number of rotatable bonds is 5. The van der Waals surface area contributed by atoms with Crippen LogP contribution in [0.2, 0.25) is 0 Å². The van der Waals surface area contributed by atoms with E-state index in [0.29, 0.717) is 25.7 Å². The van der Waals surface area contributed by atoms with Crippen LogP contribution in [-0.4, -0.2) is 44.3 Å². The van der Waals surface area contributed by atoms with E-state index in [4.69, 9.17) is 0 Å². The molecule has 0 amide bonds. The molecule has 0 aromatic rings. The SMILES string of the molecule is CC1(C)CC(C(C(=O)O)C(C(=O)O)C2CC(C)(C)NC(C)(C)C2)CC(C)(C)N1. The van der Waals surface area contributed by atoms with Crippen molar-refractivity contribution in [2.24, 2.45) is 23.7 Å². The first-order chi connectivity index (χ1) is 12.4. The average Bonchev–Trinajstić information content (AvgIpc) is 2.36. The van der Waals surface area contributed by atoms with Crippen LogP contribution in [0.3, 0.4) is 0 Å². The van der Waals surface area contributed by atoms with Gasteiger partial charge >= 0.3 is 11.9 Å². The number of carboxylic acids is 2. The summed E-state index contributed by atoms with van der Waals surface area (Å²) < 4.78 is 0. The topological polar surface area (TPSA) is 98.7 Å². The molecule has 0 radical (unpaired) electrons. The quantitative estimate of drug-likeness (QED) is 0.568. The van der Waals surface area contributed by atoms with Gasteiger partial charge < -0.3 is 20.8 Å². The molecule has 0 aromatic heterocycles. The van der Waals surface area contributed by atoms with Crippen LogP contribution in [0.1, 0.15) is 81.1 Å². The third kappa shape index (κ3) is 5.47. The van der Waals surface area contributed by atoms with Gasteiger partial charge in [0.05, 0.1) is 11.8 Å². The monoisotopic (exact) mass is 396 g/mol. The molecule has 2 unspecified atom stereocenters. The van der Waals surface area contributed by atoms with Gasteiger partial charge in [-0.1, -0.05) is 0 Å². The fourth-order valence-electron chi connectivity index (χ4n) is 6.61. The lowest BCUT2D eigenvalue weighted by Crippen LogP contribution is -2.62. The normalized spacial score (nSPS) is 29.0. The zero-order valence-electron chi connectivity index (χ0n) is 18.8. The number of hydrogen-bond donors (Lipinski definition) is 4. The van der Waals surface area contributed by atoms with E-state index in [0.717, 1.165) is 0 Å². The summed E-state index contributed by atoms with van der Waals surface area (Å²) in [7, 11) is 0. The van der Waals surface area contributed by atoms with Crippen molar-refractivity contribution < 1.29 is 19.8 Å². The molecule has 2 aliphatic rings. The lowest BCUT2D eigenvalue weighted by Gasteiger charge is -2.51. The molecule has 2 atom stereocenters. The lowest BCUT2D eigenvalue weighted by molar-refractivity contribution is -0.162. The molecule has 6 heteroatoms. The zero-order valence-corrected chi connectivity index (χ0v) is 18.8. The van der Waals surface area contributed by atoms with Crippen LogP contribution in [0.25, 0.3) is 0 Å². The Morgan fingerprint density at radius 1 is 0.643 bits per heavy atom. The van der Waals surface area contributed by atoms with Crippen LogP contribution < -0.4 is 10.6 Å². The Balaban J connectivity index is 2.43. The lowest BCUT2D eigenvalue weighted by atomic mass is 9.61. The summed E-state index contributed by atoms with van der Waals surface area (Å²) in [5.74, 6) is -4.06. The first kappa shape index (κ1) is 23.1. The molecule has 6 nitrogen and oxygen atoms in total. The number of hydrogen-bond acceptors (Lipinski definition) is 4. The molecular weight excluding hydrogens is 356 g/mol. The Kier molecular flexibility index (Phi) is 6.02. The first-order valence-corrected chi connectivity index (χ1v) is 10.5. The highest BCUT2D eigenvalue weighted by molar-refractivity contribution is 5.80. The summed E-state index contributed by atoms with van der Waals surface area (Å²) in [5, 5.41) is 27.5. The first-order valence-electron chi connectivity index (χ1n) is 10.5. The van der Waals surface area contributed by atoms with E-state index in [1.54, 1.807) is 0 Å². The number of nitrogens with one attached hydrogen (secondary N) is 2. The van der Waals surface area contributed by atoms with Crippen LogP contribution in [0.15, 0.2) is 0 Å². The van der Waals surface area contributed by atoms with E-state index in [1.807, 2.05) is 0 Å². The van der Waals surface area contributed by atoms with Crippen molar-refractivity contribution in [2.75, 3.05) is 0 Å². The molecule has 0 saturated carbocycles. The van der Waals surface area contributed by atoms with Gasteiger partial charge in [-0.2, -0.15) is 0 Å². The summed E-state index contributed by atoms with van der Waals surface area (Å²) in [6.45, 7) is 16.6. The van der Waals surface area contributed by atoms with Crippen LogP contribution in [0, 0.1) is 23.7 Å². The van der Waals surface area contributed by atoms with Crippen molar-refractivity contribution in [3.8, 4) is 0 Å². The molecule has 162 valence electrons. The van der Waals surface area contributed by atoms with Crippen molar-refractivity contribution in [3.05, 3.63) is 0 Å². The largest absolute Gasteiger partial charge is 0.481 e. The highest BCUT2D eigenvalue weighted by Crippen LogP contribution is 2.46. The fourth-order valence-corrected chi connectivity index (χ4v) is 6.61. The van der Waals surface area contributed by atoms with Crippen LogP contribution in [0.5, 0.6) is 0 Å². The van der Waals surface area contributed by atoms with Crippen molar-refractivity contribution in [1.29, 1.82) is 0 Å². The van der Waals surface area contributed by atoms with Gasteiger partial charge in [-0.05, 0) is 92.9 Å². The van der Waals surface area contributed by atoms with Gasteiger partial charge in [-0.3, -0.25) is 9.59 Å². The minimum absolute atomic E-state index is 0.175. The summed E-state index contributed by atoms with van der Waals surface area (Å²) in [4.78, 5) is 24.9. The number of piperidine rings is 2. The summed E-state index contributed by atoms with van der Waals surface area (Å²) in [6.07, 6.45) is 2.65. The predicted molar refractivity (Wildman–Crippen MR) is 110 cm³/mol. The third-order valence-corrected chi connectivity index (χ3v) is 6.42. The maximum absolute atomic E-state index is 12.4. The van der Waals surface area contributed by atoms with Crippen molar-refractivity contribution in [3.63, 3.8) is 0 Å². The van der Waals surface area contributed by atoms with E-state index in [2.05, 4.69) is 66.0 Å². The van der Waals surface area contributed by atoms with E-state index in [1.165, 1.54) is 0 Å². The zero-order chi connectivity index (χ0) is 21.7. The van der Waals surface area contributed by atoms with E-state index in [-0.39, 0.29) is 34.0 Å². The number of aliphatic carboxylic acids is 2. The van der Waals surface area contributed by atoms with E-state index in [9.17, 15) is 19.8 Å². The Bertz CT molecular complexity index is 538. The Morgan fingerprint density at radius 3 is 1.04 bits per heavy atom. The maximum atomic E-state index is 12.4.